The minimum absolute atomic E-state index is 0.252. The van der Waals surface area contributed by atoms with Crippen LogP contribution in [0.2, 0.25) is 0 Å². The number of amides is 2. The number of rotatable bonds is 5. The summed E-state index contributed by atoms with van der Waals surface area (Å²) in [4.78, 5) is 25.2. The van der Waals surface area contributed by atoms with Crippen molar-refractivity contribution in [2.75, 3.05) is 5.32 Å². The van der Waals surface area contributed by atoms with Gasteiger partial charge in [-0.05, 0) is 48.9 Å². The normalized spacial score (nSPS) is 11.1. The summed E-state index contributed by atoms with van der Waals surface area (Å²) in [6.45, 7) is 1.87. The molecule has 3 aromatic carbocycles. The van der Waals surface area contributed by atoms with Gasteiger partial charge in [0, 0.05) is 5.56 Å². The van der Waals surface area contributed by atoms with Gasteiger partial charge in [-0.2, -0.15) is 5.26 Å². The lowest BCUT2D eigenvalue weighted by molar-refractivity contribution is 0.0941. The van der Waals surface area contributed by atoms with Crippen molar-refractivity contribution in [3.63, 3.8) is 0 Å². The molecule has 1 atom stereocenters. The van der Waals surface area contributed by atoms with Crippen molar-refractivity contribution in [2.24, 2.45) is 0 Å². The van der Waals surface area contributed by atoms with Gasteiger partial charge in [0.1, 0.15) is 0 Å². The molecule has 5 nitrogen and oxygen atoms in total. The number of carbonyl (C=O) groups is 2. The van der Waals surface area contributed by atoms with Crippen molar-refractivity contribution in [1.29, 1.82) is 5.26 Å². The van der Waals surface area contributed by atoms with E-state index in [4.69, 9.17) is 5.26 Å². The molecule has 0 fully saturated rings. The zero-order valence-corrected chi connectivity index (χ0v) is 15.3. The van der Waals surface area contributed by atoms with Crippen LogP contribution in [0, 0.1) is 11.3 Å². The average molecular weight is 369 g/mol. The molecule has 2 N–H and O–H groups in total. The molecule has 0 saturated heterocycles. The van der Waals surface area contributed by atoms with E-state index in [1.807, 2.05) is 25.1 Å². The molecular weight excluding hydrogens is 350 g/mol. The standard InChI is InChI=1S/C23H19N3O2/c1-16(18-13-11-17(15-24)12-14-18)25-23(28)20-9-5-6-10-21(20)26-22(27)19-7-3-2-4-8-19/h2-14,16H,1H3,(H,25,28)(H,26,27)/t16-/m1/s1. The molecule has 0 radical (unpaired) electrons. The van der Waals surface area contributed by atoms with Gasteiger partial charge in [0.15, 0.2) is 0 Å². The molecular formula is C23H19N3O2. The van der Waals surface area contributed by atoms with Crippen LogP contribution in [0.15, 0.2) is 78.9 Å². The highest BCUT2D eigenvalue weighted by molar-refractivity contribution is 6.09. The highest BCUT2D eigenvalue weighted by Gasteiger charge is 2.16. The summed E-state index contributed by atoms with van der Waals surface area (Å²) in [5.41, 5.74) is 2.80. The van der Waals surface area contributed by atoms with Crippen LogP contribution < -0.4 is 10.6 Å². The van der Waals surface area contributed by atoms with E-state index in [-0.39, 0.29) is 17.9 Å². The third-order valence-electron chi connectivity index (χ3n) is 4.34. The number of hydrogen-bond acceptors (Lipinski definition) is 3. The van der Waals surface area contributed by atoms with Gasteiger partial charge in [0.25, 0.3) is 11.8 Å². The van der Waals surface area contributed by atoms with Crippen LogP contribution >= 0.6 is 0 Å². The van der Waals surface area contributed by atoms with Crippen LogP contribution in [0.25, 0.3) is 0 Å². The average Bonchev–Trinajstić information content (AvgIpc) is 2.74. The van der Waals surface area contributed by atoms with Crippen LogP contribution in [0.5, 0.6) is 0 Å². The second kappa shape index (κ2) is 8.65. The van der Waals surface area contributed by atoms with E-state index >= 15 is 0 Å². The molecule has 0 heterocycles. The minimum atomic E-state index is -0.291. The van der Waals surface area contributed by atoms with Gasteiger partial charge in [0.05, 0.1) is 28.9 Å². The van der Waals surface area contributed by atoms with Crippen LogP contribution in [0.1, 0.15) is 44.8 Å². The Balaban J connectivity index is 1.75. The van der Waals surface area contributed by atoms with Gasteiger partial charge in [-0.15, -0.1) is 0 Å². The van der Waals surface area contributed by atoms with Gasteiger partial charge < -0.3 is 10.6 Å². The third-order valence-corrected chi connectivity index (χ3v) is 4.34. The fourth-order valence-corrected chi connectivity index (χ4v) is 2.78. The van der Waals surface area contributed by atoms with Crippen molar-refractivity contribution in [1.82, 2.24) is 5.32 Å². The van der Waals surface area contributed by atoms with E-state index in [0.717, 1.165) is 5.56 Å². The Kier molecular flexibility index (Phi) is 5.83. The number of nitriles is 1. The van der Waals surface area contributed by atoms with Crippen molar-refractivity contribution in [3.05, 3.63) is 101 Å². The predicted octanol–water partition coefficient (Wildman–Crippen LogP) is 4.30. The number of carbonyl (C=O) groups excluding carboxylic acids is 2. The van der Waals surface area contributed by atoms with Crippen LogP contribution in [-0.4, -0.2) is 11.8 Å². The fraction of sp³-hybridized carbons (Fsp3) is 0.0870. The first-order valence-electron chi connectivity index (χ1n) is 8.85. The topological polar surface area (TPSA) is 82.0 Å². The van der Waals surface area contributed by atoms with E-state index in [0.29, 0.717) is 22.4 Å². The fourth-order valence-electron chi connectivity index (χ4n) is 2.78. The first kappa shape index (κ1) is 18.9. The molecule has 0 unspecified atom stereocenters. The summed E-state index contributed by atoms with van der Waals surface area (Å²) in [5.74, 6) is -0.568. The predicted molar refractivity (Wildman–Crippen MR) is 108 cm³/mol. The number of hydrogen-bond donors (Lipinski definition) is 2. The highest BCUT2D eigenvalue weighted by Crippen LogP contribution is 2.19. The summed E-state index contributed by atoms with van der Waals surface area (Å²) in [6, 6.07) is 24.6. The van der Waals surface area contributed by atoms with Gasteiger partial charge in [-0.25, -0.2) is 0 Å². The molecule has 0 aliphatic rings. The van der Waals surface area contributed by atoms with Crippen molar-refractivity contribution >= 4 is 17.5 Å². The number of benzene rings is 3. The zero-order valence-electron chi connectivity index (χ0n) is 15.3. The Bertz CT molecular complexity index is 1020. The van der Waals surface area contributed by atoms with Crippen LogP contribution in [0.3, 0.4) is 0 Å². The molecule has 28 heavy (non-hydrogen) atoms. The number of nitrogens with zero attached hydrogens (tertiary/aromatic N) is 1. The lowest BCUT2D eigenvalue weighted by Gasteiger charge is -2.16. The lowest BCUT2D eigenvalue weighted by atomic mass is 10.1. The zero-order chi connectivity index (χ0) is 19.9. The summed E-state index contributed by atoms with van der Waals surface area (Å²) in [5, 5.41) is 14.6. The van der Waals surface area contributed by atoms with Gasteiger partial charge in [-0.1, -0.05) is 42.5 Å². The Morgan fingerprint density at radius 2 is 1.50 bits per heavy atom. The first-order chi connectivity index (χ1) is 13.6. The summed E-state index contributed by atoms with van der Waals surface area (Å²) < 4.78 is 0. The molecule has 0 bridgehead atoms. The largest absolute Gasteiger partial charge is 0.345 e. The van der Waals surface area contributed by atoms with E-state index in [1.165, 1.54) is 0 Å². The van der Waals surface area contributed by atoms with Gasteiger partial charge in [-0.3, -0.25) is 9.59 Å². The molecule has 3 aromatic rings. The second-order valence-electron chi connectivity index (χ2n) is 6.29. The smallest absolute Gasteiger partial charge is 0.255 e. The molecule has 0 saturated carbocycles. The Morgan fingerprint density at radius 1 is 0.857 bits per heavy atom. The van der Waals surface area contributed by atoms with E-state index in [9.17, 15) is 9.59 Å². The maximum atomic E-state index is 12.8. The van der Waals surface area contributed by atoms with E-state index < -0.39 is 0 Å². The molecule has 2 amide bonds. The number of para-hydroxylation sites is 1. The third kappa shape index (κ3) is 4.43. The summed E-state index contributed by atoms with van der Waals surface area (Å²) in [7, 11) is 0. The van der Waals surface area contributed by atoms with Crippen LogP contribution in [0.4, 0.5) is 5.69 Å². The molecule has 0 aliphatic heterocycles. The molecule has 0 spiro atoms. The van der Waals surface area contributed by atoms with Crippen molar-refractivity contribution in [2.45, 2.75) is 13.0 Å². The van der Waals surface area contributed by atoms with Crippen molar-refractivity contribution < 1.29 is 9.59 Å². The molecule has 138 valence electrons. The SMILES string of the molecule is C[C@@H](NC(=O)c1ccccc1NC(=O)c1ccccc1)c1ccc(C#N)cc1. The number of nitrogens with one attached hydrogen (secondary N) is 2. The molecule has 3 rings (SSSR count). The quantitative estimate of drug-likeness (QED) is 0.703. The van der Waals surface area contributed by atoms with Crippen LogP contribution in [-0.2, 0) is 0 Å². The van der Waals surface area contributed by atoms with Gasteiger partial charge >= 0.3 is 0 Å². The minimum Gasteiger partial charge on any atom is -0.345 e. The van der Waals surface area contributed by atoms with Crippen molar-refractivity contribution in [3.8, 4) is 6.07 Å². The Labute approximate surface area is 163 Å². The second-order valence-corrected chi connectivity index (χ2v) is 6.29. The summed E-state index contributed by atoms with van der Waals surface area (Å²) >= 11 is 0. The van der Waals surface area contributed by atoms with E-state index in [2.05, 4.69) is 16.7 Å². The Morgan fingerprint density at radius 3 is 2.18 bits per heavy atom. The maximum Gasteiger partial charge on any atom is 0.255 e. The Hall–Kier alpha value is -3.91. The number of anilines is 1. The molecule has 5 heteroatoms. The highest BCUT2D eigenvalue weighted by atomic mass is 16.2. The lowest BCUT2D eigenvalue weighted by Crippen LogP contribution is -2.28. The van der Waals surface area contributed by atoms with E-state index in [1.54, 1.807) is 60.7 Å². The monoisotopic (exact) mass is 369 g/mol. The van der Waals surface area contributed by atoms with Gasteiger partial charge in [0.2, 0.25) is 0 Å². The molecule has 0 aromatic heterocycles. The summed E-state index contributed by atoms with van der Waals surface area (Å²) in [6.07, 6.45) is 0. The maximum absolute atomic E-state index is 12.8. The molecule has 0 aliphatic carbocycles. The first-order valence-corrected chi connectivity index (χ1v) is 8.85.